The molecular weight excluding hydrogens is 305 g/mol. The van der Waals surface area contributed by atoms with Crippen LogP contribution in [0.2, 0.25) is 0 Å². The number of hydrogen-bond donors (Lipinski definition) is 1. The molecule has 0 fully saturated rings. The predicted molar refractivity (Wildman–Crippen MR) is 80.5 cm³/mol. The molecule has 2 N–H and O–H groups in total. The summed E-state index contributed by atoms with van der Waals surface area (Å²) in [5, 5.41) is 0. The van der Waals surface area contributed by atoms with E-state index in [0.29, 0.717) is 0 Å². The lowest BCUT2D eigenvalue weighted by Gasteiger charge is -2.25. The van der Waals surface area contributed by atoms with Crippen LogP contribution < -0.4 is 5.73 Å². The summed E-state index contributed by atoms with van der Waals surface area (Å²) in [5.74, 6) is -0.213. The second-order valence-corrected chi connectivity index (χ2v) is 6.18. The van der Waals surface area contributed by atoms with E-state index in [9.17, 15) is 4.39 Å². The van der Waals surface area contributed by atoms with Gasteiger partial charge < -0.3 is 5.73 Å². The van der Waals surface area contributed by atoms with Gasteiger partial charge in [0.25, 0.3) is 0 Å². The van der Waals surface area contributed by atoms with E-state index in [4.69, 9.17) is 5.73 Å². The molecule has 2 aromatic rings. The molecule has 2 rings (SSSR count). The van der Waals surface area contributed by atoms with Crippen LogP contribution in [0.25, 0.3) is 0 Å². The molecule has 0 saturated carbocycles. The first-order chi connectivity index (χ1) is 8.94. The fraction of sp³-hybridized carbons (Fsp3) is 0.250. The number of rotatable bonds is 4. The zero-order valence-electron chi connectivity index (χ0n) is 10.9. The Bertz CT molecular complexity index is 482. The van der Waals surface area contributed by atoms with Crippen molar-refractivity contribution in [3.63, 3.8) is 0 Å². The van der Waals surface area contributed by atoms with E-state index >= 15 is 0 Å². The van der Waals surface area contributed by atoms with Crippen molar-refractivity contribution in [2.24, 2.45) is 5.73 Å². The van der Waals surface area contributed by atoms with E-state index < -0.39 is 0 Å². The number of halogens is 2. The quantitative estimate of drug-likeness (QED) is 0.901. The zero-order chi connectivity index (χ0) is 13.9. The highest BCUT2D eigenvalue weighted by atomic mass is 79.9. The zero-order valence-corrected chi connectivity index (χ0v) is 12.5. The lowest BCUT2D eigenvalue weighted by Crippen LogP contribution is -2.40. The summed E-state index contributed by atoms with van der Waals surface area (Å²) in [6.07, 6.45) is 1.51. The Kier molecular flexibility index (Phi) is 4.38. The molecule has 0 aliphatic rings. The largest absolute Gasteiger partial charge is 0.325 e. The second kappa shape index (κ2) is 5.85. The van der Waals surface area contributed by atoms with E-state index in [2.05, 4.69) is 28.1 Å². The average molecular weight is 322 g/mol. The molecule has 0 amide bonds. The van der Waals surface area contributed by atoms with Crippen molar-refractivity contribution >= 4 is 15.9 Å². The van der Waals surface area contributed by atoms with Crippen molar-refractivity contribution in [2.45, 2.75) is 25.3 Å². The first kappa shape index (κ1) is 14.2. The average Bonchev–Trinajstić information content (AvgIpc) is 2.34. The molecule has 0 aliphatic carbocycles. The molecular formula is C16H17BrFN. The highest BCUT2D eigenvalue weighted by molar-refractivity contribution is 9.10. The van der Waals surface area contributed by atoms with Gasteiger partial charge in [-0.1, -0.05) is 40.2 Å². The van der Waals surface area contributed by atoms with Crippen LogP contribution in [-0.2, 0) is 12.8 Å². The van der Waals surface area contributed by atoms with Gasteiger partial charge in [0.2, 0.25) is 0 Å². The van der Waals surface area contributed by atoms with Crippen LogP contribution in [0, 0.1) is 5.82 Å². The van der Waals surface area contributed by atoms with Crippen molar-refractivity contribution < 1.29 is 4.39 Å². The van der Waals surface area contributed by atoms with Gasteiger partial charge in [-0.15, -0.1) is 0 Å². The van der Waals surface area contributed by atoms with Gasteiger partial charge in [0.15, 0.2) is 0 Å². The van der Waals surface area contributed by atoms with Crippen LogP contribution in [0.4, 0.5) is 4.39 Å². The third-order valence-corrected chi connectivity index (χ3v) is 3.57. The summed E-state index contributed by atoms with van der Waals surface area (Å²) in [7, 11) is 0. The minimum Gasteiger partial charge on any atom is -0.325 e. The minimum atomic E-state index is -0.342. The molecule has 0 radical (unpaired) electrons. The summed E-state index contributed by atoms with van der Waals surface area (Å²) in [6, 6.07) is 14.7. The van der Waals surface area contributed by atoms with Crippen molar-refractivity contribution in [2.75, 3.05) is 0 Å². The van der Waals surface area contributed by atoms with Gasteiger partial charge in [0.1, 0.15) is 5.82 Å². The van der Waals surface area contributed by atoms with Gasteiger partial charge in [-0.3, -0.25) is 0 Å². The van der Waals surface area contributed by atoms with E-state index in [-0.39, 0.29) is 11.4 Å². The smallest absolute Gasteiger partial charge is 0.123 e. The Morgan fingerprint density at radius 1 is 0.947 bits per heavy atom. The SMILES string of the molecule is CC(N)(Cc1ccc(F)cc1)Cc1ccc(Br)cc1. The van der Waals surface area contributed by atoms with Crippen LogP contribution in [0.1, 0.15) is 18.1 Å². The molecule has 0 heterocycles. The predicted octanol–water partition coefficient (Wildman–Crippen LogP) is 4.09. The van der Waals surface area contributed by atoms with Gasteiger partial charge >= 0.3 is 0 Å². The van der Waals surface area contributed by atoms with E-state index in [0.717, 1.165) is 22.9 Å². The number of benzene rings is 2. The van der Waals surface area contributed by atoms with Gasteiger partial charge in [-0.25, -0.2) is 4.39 Å². The Hall–Kier alpha value is -1.19. The highest BCUT2D eigenvalue weighted by Crippen LogP contribution is 2.18. The topological polar surface area (TPSA) is 26.0 Å². The van der Waals surface area contributed by atoms with Crippen molar-refractivity contribution in [3.05, 3.63) is 69.9 Å². The second-order valence-electron chi connectivity index (χ2n) is 5.26. The van der Waals surface area contributed by atoms with Crippen molar-refractivity contribution in [1.82, 2.24) is 0 Å². The molecule has 3 heteroatoms. The first-order valence-electron chi connectivity index (χ1n) is 6.22. The van der Waals surface area contributed by atoms with Crippen LogP contribution >= 0.6 is 15.9 Å². The summed E-state index contributed by atoms with van der Waals surface area (Å²) >= 11 is 3.42. The number of hydrogen-bond acceptors (Lipinski definition) is 1. The maximum absolute atomic E-state index is 12.9. The van der Waals surface area contributed by atoms with E-state index in [1.807, 2.05) is 19.1 Å². The van der Waals surface area contributed by atoms with Crippen LogP contribution in [0.3, 0.4) is 0 Å². The Morgan fingerprint density at radius 2 is 1.37 bits per heavy atom. The summed E-state index contributed by atoms with van der Waals surface area (Å²) < 4.78 is 13.9. The molecule has 0 spiro atoms. The molecule has 0 saturated heterocycles. The molecule has 0 aromatic heterocycles. The van der Waals surface area contributed by atoms with Gasteiger partial charge in [0.05, 0.1) is 0 Å². The highest BCUT2D eigenvalue weighted by Gasteiger charge is 2.19. The first-order valence-corrected chi connectivity index (χ1v) is 7.02. The fourth-order valence-electron chi connectivity index (χ4n) is 2.20. The third-order valence-electron chi connectivity index (χ3n) is 3.04. The Labute approximate surface area is 121 Å². The van der Waals surface area contributed by atoms with Crippen LogP contribution in [-0.4, -0.2) is 5.54 Å². The molecule has 1 nitrogen and oxygen atoms in total. The van der Waals surface area contributed by atoms with Gasteiger partial charge in [-0.2, -0.15) is 0 Å². The molecule has 0 aliphatic heterocycles. The van der Waals surface area contributed by atoms with Crippen LogP contribution in [0.15, 0.2) is 53.0 Å². The normalized spacial score (nSPS) is 14.1. The van der Waals surface area contributed by atoms with E-state index in [1.54, 1.807) is 12.1 Å². The van der Waals surface area contributed by atoms with Crippen molar-refractivity contribution in [1.29, 1.82) is 0 Å². The number of nitrogens with two attached hydrogens (primary N) is 1. The maximum atomic E-state index is 12.9. The monoisotopic (exact) mass is 321 g/mol. The maximum Gasteiger partial charge on any atom is 0.123 e. The lowest BCUT2D eigenvalue weighted by molar-refractivity contribution is 0.462. The summed E-state index contributed by atoms with van der Waals surface area (Å²) in [5.41, 5.74) is 8.27. The molecule has 19 heavy (non-hydrogen) atoms. The standard InChI is InChI=1S/C16H17BrFN/c1-16(19,10-12-2-6-14(17)7-3-12)11-13-4-8-15(18)9-5-13/h2-9H,10-11,19H2,1H3. The summed E-state index contributed by atoms with van der Waals surface area (Å²) in [6.45, 7) is 2.03. The molecule has 0 bridgehead atoms. The minimum absolute atomic E-state index is 0.213. The van der Waals surface area contributed by atoms with Gasteiger partial charge in [0, 0.05) is 10.0 Å². The molecule has 100 valence electrons. The van der Waals surface area contributed by atoms with Gasteiger partial charge in [-0.05, 0) is 55.2 Å². The molecule has 2 aromatic carbocycles. The van der Waals surface area contributed by atoms with Crippen molar-refractivity contribution in [3.8, 4) is 0 Å². The summed E-state index contributed by atoms with van der Waals surface area (Å²) in [4.78, 5) is 0. The Morgan fingerprint density at radius 3 is 1.84 bits per heavy atom. The van der Waals surface area contributed by atoms with Crippen LogP contribution in [0.5, 0.6) is 0 Å². The fourth-order valence-corrected chi connectivity index (χ4v) is 2.46. The molecule has 1 atom stereocenters. The lowest BCUT2D eigenvalue weighted by atomic mass is 9.87. The molecule has 1 unspecified atom stereocenters. The Balaban J connectivity index is 2.05. The third kappa shape index (κ3) is 4.44. The van der Waals surface area contributed by atoms with E-state index in [1.165, 1.54) is 17.7 Å².